The van der Waals surface area contributed by atoms with Gasteiger partial charge < -0.3 is 0 Å². The molecule has 0 saturated heterocycles. The Kier molecular flexibility index (Phi) is 4.56. The molecule has 0 radical (unpaired) electrons. The van der Waals surface area contributed by atoms with Gasteiger partial charge in [0.1, 0.15) is 6.33 Å². The second kappa shape index (κ2) is 7.05. The van der Waals surface area contributed by atoms with Gasteiger partial charge in [0, 0.05) is 34.7 Å². The first-order chi connectivity index (χ1) is 13.4. The molecule has 0 N–H and O–H groups in total. The highest BCUT2D eigenvalue weighted by atomic mass is 35.5. The number of halogens is 4. The maximum absolute atomic E-state index is 13.4. The van der Waals surface area contributed by atoms with Crippen molar-refractivity contribution in [2.45, 2.75) is 6.18 Å². The van der Waals surface area contributed by atoms with Crippen LogP contribution in [0.4, 0.5) is 13.2 Å². The van der Waals surface area contributed by atoms with Gasteiger partial charge in [-0.15, -0.1) is 0 Å². The number of aromatic nitrogens is 5. The number of hydrogen-bond donors (Lipinski definition) is 0. The molecule has 0 atom stereocenters. The van der Waals surface area contributed by atoms with E-state index in [0.29, 0.717) is 16.3 Å². The molecule has 28 heavy (non-hydrogen) atoms. The first-order valence-corrected chi connectivity index (χ1v) is 8.45. The van der Waals surface area contributed by atoms with Crippen molar-refractivity contribution in [2.24, 2.45) is 0 Å². The van der Waals surface area contributed by atoms with Crippen LogP contribution in [0, 0.1) is 0 Å². The van der Waals surface area contributed by atoms with E-state index in [2.05, 4.69) is 19.9 Å². The SMILES string of the molecule is FC(F)(F)c1cc(-c2ccc(Cl)cc2)nc(-n2cnc(-c3ccncc3)c2)n1. The number of benzene rings is 1. The Hall–Kier alpha value is -3.26. The molecule has 3 aromatic heterocycles. The molecule has 0 amide bonds. The summed E-state index contributed by atoms with van der Waals surface area (Å²) in [5, 5.41) is 0.477. The van der Waals surface area contributed by atoms with Gasteiger partial charge in [0.2, 0.25) is 5.95 Å². The van der Waals surface area contributed by atoms with Crippen molar-refractivity contribution in [1.29, 1.82) is 0 Å². The minimum absolute atomic E-state index is 0.132. The Morgan fingerprint density at radius 1 is 0.857 bits per heavy atom. The lowest BCUT2D eigenvalue weighted by molar-refractivity contribution is -0.141. The molecular formula is C19H11ClF3N5. The molecule has 4 aromatic rings. The summed E-state index contributed by atoms with van der Waals surface area (Å²) in [7, 11) is 0. The lowest BCUT2D eigenvalue weighted by atomic mass is 10.1. The Balaban J connectivity index is 1.81. The molecule has 0 bridgehead atoms. The van der Waals surface area contributed by atoms with E-state index in [4.69, 9.17) is 11.6 Å². The largest absolute Gasteiger partial charge is 0.433 e. The van der Waals surface area contributed by atoms with Crippen LogP contribution in [0.5, 0.6) is 0 Å². The molecule has 0 spiro atoms. The maximum atomic E-state index is 13.4. The average molecular weight is 402 g/mol. The van der Waals surface area contributed by atoms with Gasteiger partial charge in [0.25, 0.3) is 0 Å². The summed E-state index contributed by atoms with van der Waals surface area (Å²) in [6.45, 7) is 0. The standard InChI is InChI=1S/C19H11ClF3N5/c20-14-3-1-12(2-4-14)15-9-17(19(21,22)23)27-18(26-15)28-10-16(25-11-28)13-5-7-24-8-6-13/h1-11H. The second-order valence-electron chi connectivity index (χ2n) is 5.85. The van der Waals surface area contributed by atoms with E-state index >= 15 is 0 Å². The third kappa shape index (κ3) is 3.72. The molecule has 0 aliphatic carbocycles. The van der Waals surface area contributed by atoms with Gasteiger partial charge in [-0.05, 0) is 30.3 Å². The molecule has 140 valence electrons. The molecule has 0 unspecified atom stereocenters. The number of nitrogens with zero attached hydrogens (tertiary/aromatic N) is 5. The zero-order valence-electron chi connectivity index (χ0n) is 14.1. The highest BCUT2D eigenvalue weighted by Gasteiger charge is 2.34. The fourth-order valence-electron chi connectivity index (χ4n) is 2.57. The van der Waals surface area contributed by atoms with E-state index in [9.17, 15) is 13.2 Å². The van der Waals surface area contributed by atoms with Crippen molar-refractivity contribution in [3.63, 3.8) is 0 Å². The predicted molar refractivity (Wildman–Crippen MR) is 97.8 cm³/mol. The van der Waals surface area contributed by atoms with E-state index < -0.39 is 11.9 Å². The Bertz CT molecular complexity index is 1110. The number of rotatable bonds is 3. The summed E-state index contributed by atoms with van der Waals surface area (Å²) in [4.78, 5) is 16.1. The third-order valence-corrected chi connectivity index (χ3v) is 4.19. The van der Waals surface area contributed by atoms with E-state index in [1.165, 1.54) is 10.9 Å². The zero-order chi connectivity index (χ0) is 19.7. The lowest BCUT2D eigenvalue weighted by Gasteiger charge is -2.11. The van der Waals surface area contributed by atoms with Crippen LogP contribution in [0.25, 0.3) is 28.5 Å². The predicted octanol–water partition coefficient (Wildman–Crippen LogP) is 5.06. The van der Waals surface area contributed by atoms with Crippen molar-refractivity contribution in [1.82, 2.24) is 24.5 Å². The first kappa shape index (κ1) is 18.1. The van der Waals surface area contributed by atoms with Crippen molar-refractivity contribution in [2.75, 3.05) is 0 Å². The van der Waals surface area contributed by atoms with Gasteiger partial charge in [0.15, 0.2) is 5.69 Å². The molecule has 0 saturated carbocycles. The summed E-state index contributed by atoms with van der Waals surface area (Å²) in [6.07, 6.45) is 1.53. The van der Waals surface area contributed by atoms with Crippen LogP contribution in [0.1, 0.15) is 5.69 Å². The highest BCUT2D eigenvalue weighted by molar-refractivity contribution is 6.30. The van der Waals surface area contributed by atoms with E-state index in [0.717, 1.165) is 11.6 Å². The fraction of sp³-hybridized carbons (Fsp3) is 0.0526. The summed E-state index contributed by atoms with van der Waals surface area (Å²) >= 11 is 5.86. The van der Waals surface area contributed by atoms with E-state index in [1.807, 2.05) is 0 Å². The first-order valence-electron chi connectivity index (χ1n) is 8.07. The monoisotopic (exact) mass is 401 g/mol. The Morgan fingerprint density at radius 2 is 1.54 bits per heavy atom. The molecule has 0 fully saturated rings. The number of imidazole rings is 1. The topological polar surface area (TPSA) is 56.5 Å². The minimum atomic E-state index is -4.62. The molecular weight excluding hydrogens is 391 g/mol. The smallest absolute Gasteiger partial charge is 0.274 e. The molecule has 0 aliphatic rings. The van der Waals surface area contributed by atoms with Crippen LogP contribution in [0.15, 0.2) is 67.4 Å². The normalized spacial score (nSPS) is 11.6. The molecule has 4 rings (SSSR count). The van der Waals surface area contributed by atoms with Crippen LogP contribution < -0.4 is 0 Å². The third-order valence-electron chi connectivity index (χ3n) is 3.93. The zero-order valence-corrected chi connectivity index (χ0v) is 14.9. The van der Waals surface area contributed by atoms with Gasteiger partial charge in [-0.1, -0.05) is 23.7 Å². The van der Waals surface area contributed by atoms with Crippen LogP contribution in [0.3, 0.4) is 0 Å². The van der Waals surface area contributed by atoms with Gasteiger partial charge in [-0.3, -0.25) is 9.55 Å². The minimum Gasteiger partial charge on any atom is -0.274 e. The highest BCUT2D eigenvalue weighted by Crippen LogP contribution is 2.31. The Morgan fingerprint density at radius 3 is 2.21 bits per heavy atom. The molecule has 9 heteroatoms. The molecule has 1 aromatic carbocycles. The van der Waals surface area contributed by atoms with Crippen molar-refractivity contribution >= 4 is 11.6 Å². The van der Waals surface area contributed by atoms with Gasteiger partial charge in [-0.2, -0.15) is 13.2 Å². The molecule has 0 aliphatic heterocycles. The second-order valence-corrected chi connectivity index (χ2v) is 6.28. The quantitative estimate of drug-likeness (QED) is 0.481. The van der Waals surface area contributed by atoms with Crippen molar-refractivity contribution in [3.05, 3.63) is 78.1 Å². The maximum Gasteiger partial charge on any atom is 0.433 e. The summed E-state index contributed by atoms with van der Waals surface area (Å²) < 4.78 is 41.5. The van der Waals surface area contributed by atoms with Crippen LogP contribution >= 0.6 is 11.6 Å². The van der Waals surface area contributed by atoms with Crippen molar-refractivity contribution < 1.29 is 13.2 Å². The van der Waals surface area contributed by atoms with Crippen LogP contribution in [-0.4, -0.2) is 24.5 Å². The summed E-state index contributed by atoms with van der Waals surface area (Å²) in [5.74, 6) is -0.132. The Labute approximate surface area is 162 Å². The van der Waals surface area contributed by atoms with Gasteiger partial charge >= 0.3 is 6.18 Å². The number of hydrogen-bond acceptors (Lipinski definition) is 4. The summed E-state index contributed by atoms with van der Waals surface area (Å²) in [5.41, 5.74) is 0.929. The van der Waals surface area contributed by atoms with Crippen molar-refractivity contribution in [3.8, 4) is 28.5 Å². The average Bonchev–Trinajstić information content (AvgIpc) is 3.18. The van der Waals surface area contributed by atoms with Gasteiger partial charge in [-0.25, -0.2) is 15.0 Å². The molecule has 3 heterocycles. The number of alkyl halides is 3. The number of pyridine rings is 1. The lowest BCUT2D eigenvalue weighted by Crippen LogP contribution is -2.12. The van der Waals surface area contributed by atoms with E-state index in [1.54, 1.807) is 55.0 Å². The van der Waals surface area contributed by atoms with Crippen LogP contribution in [0.2, 0.25) is 5.02 Å². The fourth-order valence-corrected chi connectivity index (χ4v) is 2.69. The molecule has 5 nitrogen and oxygen atoms in total. The van der Waals surface area contributed by atoms with E-state index in [-0.39, 0.29) is 11.6 Å². The van der Waals surface area contributed by atoms with Gasteiger partial charge in [0.05, 0.1) is 11.4 Å². The van der Waals surface area contributed by atoms with Crippen LogP contribution in [-0.2, 0) is 6.18 Å². The summed E-state index contributed by atoms with van der Waals surface area (Å²) in [6, 6.07) is 10.8.